The molecule has 1 heterocycles. The van der Waals surface area contributed by atoms with Gasteiger partial charge in [-0.05, 0) is 30.5 Å². The Bertz CT molecular complexity index is 775. The number of aromatic nitrogens is 3. The first-order valence-electron chi connectivity index (χ1n) is 8.65. The van der Waals surface area contributed by atoms with E-state index in [1.165, 1.54) is 25.5 Å². The smallest absolute Gasteiger partial charge is 0.322 e. The van der Waals surface area contributed by atoms with E-state index >= 15 is 0 Å². The van der Waals surface area contributed by atoms with Gasteiger partial charge in [0.25, 0.3) is 11.6 Å². The molecule has 0 unspecified atom stereocenters. The topological polar surface area (TPSA) is 119 Å². The predicted octanol–water partition coefficient (Wildman–Crippen LogP) is 2.86. The van der Waals surface area contributed by atoms with Gasteiger partial charge in [-0.1, -0.05) is 13.8 Å². The minimum absolute atomic E-state index is 0.0268. The fraction of sp³-hybridized carbons (Fsp3) is 0.412. The number of hydrazone groups is 1. The van der Waals surface area contributed by atoms with Crippen LogP contribution in [0.1, 0.15) is 32.3 Å². The second kappa shape index (κ2) is 10.00. The van der Waals surface area contributed by atoms with E-state index in [0.29, 0.717) is 11.5 Å². The lowest BCUT2D eigenvalue weighted by Crippen LogP contribution is -2.27. The Balaban J connectivity index is 2.14. The highest BCUT2D eigenvalue weighted by molar-refractivity contribution is 5.80. The summed E-state index contributed by atoms with van der Waals surface area (Å²) in [6.07, 6.45) is 3.46. The van der Waals surface area contributed by atoms with Crippen molar-refractivity contribution in [2.75, 3.05) is 30.5 Å². The maximum Gasteiger partial charge on any atom is 0.322 e. The third-order valence-corrected chi connectivity index (χ3v) is 3.54. The number of hydrogen-bond acceptors (Lipinski definition) is 9. The van der Waals surface area contributed by atoms with Gasteiger partial charge in [0.2, 0.25) is 5.95 Å². The molecule has 2 aromatic rings. The average molecular weight is 373 g/mol. The number of hydrogen-bond donors (Lipinski definition) is 1. The summed E-state index contributed by atoms with van der Waals surface area (Å²) in [6.45, 7) is 5.84. The summed E-state index contributed by atoms with van der Waals surface area (Å²) in [5, 5.41) is 14.8. The molecule has 0 atom stereocenters. The Labute approximate surface area is 157 Å². The summed E-state index contributed by atoms with van der Waals surface area (Å²) in [4.78, 5) is 25.1. The minimum Gasteiger partial charge on any atom is -0.467 e. The van der Waals surface area contributed by atoms with Crippen LogP contribution in [0.4, 0.5) is 17.6 Å². The highest BCUT2D eigenvalue weighted by atomic mass is 16.6. The van der Waals surface area contributed by atoms with Crippen molar-refractivity contribution >= 4 is 23.8 Å². The van der Waals surface area contributed by atoms with Gasteiger partial charge in [-0.2, -0.15) is 20.1 Å². The number of ether oxygens (including phenoxy) is 1. The number of non-ortho nitro benzene ring substituents is 1. The zero-order valence-electron chi connectivity index (χ0n) is 15.6. The second-order valence-corrected chi connectivity index (χ2v) is 5.65. The normalized spacial score (nSPS) is 10.8. The van der Waals surface area contributed by atoms with Crippen molar-refractivity contribution in [3.8, 4) is 6.01 Å². The summed E-state index contributed by atoms with van der Waals surface area (Å²) in [5.41, 5.74) is 3.48. The van der Waals surface area contributed by atoms with Gasteiger partial charge in [-0.15, -0.1) is 0 Å². The number of anilines is 2. The third kappa shape index (κ3) is 5.87. The van der Waals surface area contributed by atoms with Gasteiger partial charge in [-0.3, -0.25) is 10.1 Å². The van der Waals surface area contributed by atoms with E-state index in [9.17, 15) is 10.1 Å². The summed E-state index contributed by atoms with van der Waals surface area (Å²) < 4.78 is 5.16. The van der Waals surface area contributed by atoms with E-state index < -0.39 is 4.92 Å². The Morgan fingerprint density at radius 3 is 2.41 bits per heavy atom. The zero-order valence-corrected chi connectivity index (χ0v) is 15.6. The van der Waals surface area contributed by atoms with Crippen LogP contribution in [0.15, 0.2) is 29.4 Å². The number of nitrogens with one attached hydrogen (secondary N) is 1. The van der Waals surface area contributed by atoms with Crippen molar-refractivity contribution in [2.24, 2.45) is 5.10 Å². The summed E-state index contributed by atoms with van der Waals surface area (Å²) in [6, 6.07) is 6.24. The molecule has 0 aliphatic heterocycles. The fourth-order valence-electron chi connectivity index (χ4n) is 2.33. The summed E-state index contributed by atoms with van der Waals surface area (Å²) in [5.74, 6) is 0.783. The molecule has 0 aliphatic carbocycles. The summed E-state index contributed by atoms with van der Waals surface area (Å²) >= 11 is 0. The number of nitrogens with zero attached hydrogens (tertiary/aromatic N) is 6. The zero-order chi connectivity index (χ0) is 19.6. The van der Waals surface area contributed by atoms with Crippen LogP contribution in [0, 0.1) is 10.1 Å². The third-order valence-electron chi connectivity index (χ3n) is 3.54. The average Bonchev–Trinajstić information content (AvgIpc) is 2.68. The van der Waals surface area contributed by atoms with Crippen LogP contribution in [0.3, 0.4) is 0 Å². The highest BCUT2D eigenvalue weighted by Crippen LogP contribution is 2.16. The molecule has 10 heteroatoms. The molecule has 0 amide bonds. The quantitative estimate of drug-likeness (QED) is 0.384. The molecule has 1 aromatic heterocycles. The Kier molecular flexibility index (Phi) is 7.41. The molecule has 0 saturated carbocycles. The molecule has 0 radical (unpaired) electrons. The number of benzene rings is 1. The van der Waals surface area contributed by atoms with Crippen LogP contribution in [0.2, 0.25) is 0 Å². The van der Waals surface area contributed by atoms with E-state index in [1.54, 1.807) is 12.1 Å². The molecule has 10 nitrogen and oxygen atoms in total. The van der Waals surface area contributed by atoms with Crippen molar-refractivity contribution in [3.05, 3.63) is 39.9 Å². The Morgan fingerprint density at radius 2 is 1.85 bits per heavy atom. The van der Waals surface area contributed by atoms with Gasteiger partial charge >= 0.3 is 6.01 Å². The van der Waals surface area contributed by atoms with Crippen molar-refractivity contribution in [1.29, 1.82) is 0 Å². The monoisotopic (exact) mass is 373 g/mol. The maximum atomic E-state index is 10.7. The standard InChI is InChI=1S/C17H23N7O3/c1-4-10-23(11-5-2)16-19-15(20-17(21-16)27-3)22-18-12-13-6-8-14(9-7-13)24(25)26/h6-9,12H,4-5,10-11H2,1-3H3,(H,19,20,21,22)/b18-12-. The summed E-state index contributed by atoms with van der Waals surface area (Å²) in [7, 11) is 1.49. The van der Waals surface area contributed by atoms with Gasteiger partial charge in [0.15, 0.2) is 0 Å². The van der Waals surface area contributed by atoms with Gasteiger partial charge in [-0.25, -0.2) is 5.43 Å². The van der Waals surface area contributed by atoms with Crippen LogP contribution in [-0.2, 0) is 0 Å². The Hall–Kier alpha value is -3.30. The lowest BCUT2D eigenvalue weighted by atomic mass is 10.2. The van der Waals surface area contributed by atoms with Gasteiger partial charge in [0.05, 0.1) is 18.2 Å². The maximum absolute atomic E-state index is 10.7. The van der Waals surface area contributed by atoms with Crippen LogP contribution >= 0.6 is 0 Å². The van der Waals surface area contributed by atoms with Gasteiger partial charge < -0.3 is 9.64 Å². The molecule has 0 saturated heterocycles. The molecule has 2 rings (SSSR count). The minimum atomic E-state index is -0.448. The van der Waals surface area contributed by atoms with Crippen molar-refractivity contribution in [3.63, 3.8) is 0 Å². The van der Waals surface area contributed by atoms with E-state index in [1.807, 2.05) is 0 Å². The molecular weight excluding hydrogens is 350 g/mol. The predicted molar refractivity (Wildman–Crippen MR) is 103 cm³/mol. The molecular formula is C17H23N7O3. The second-order valence-electron chi connectivity index (χ2n) is 5.65. The molecule has 0 aliphatic rings. The van der Waals surface area contributed by atoms with Crippen molar-refractivity contribution in [1.82, 2.24) is 15.0 Å². The van der Waals surface area contributed by atoms with Crippen LogP contribution in [-0.4, -0.2) is 46.3 Å². The number of nitro benzene ring substituents is 1. The number of nitro groups is 1. The number of rotatable bonds is 10. The fourth-order valence-corrected chi connectivity index (χ4v) is 2.33. The molecule has 0 bridgehead atoms. The lowest BCUT2D eigenvalue weighted by molar-refractivity contribution is -0.384. The van der Waals surface area contributed by atoms with E-state index in [-0.39, 0.29) is 17.6 Å². The molecule has 1 N–H and O–H groups in total. The van der Waals surface area contributed by atoms with Gasteiger partial charge in [0.1, 0.15) is 0 Å². The van der Waals surface area contributed by atoms with Crippen molar-refractivity contribution in [2.45, 2.75) is 26.7 Å². The van der Waals surface area contributed by atoms with Crippen LogP contribution in [0.5, 0.6) is 6.01 Å². The van der Waals surface area contributed by atoms with E-state index in [4.69, 9.17) is 4.74 Å². The lowest BCUT2D eigenvalue weighted by Gasteiger charge is -2.21. The Morgan fingerprint density at radius 1 is 1.19 bits per heavy atom. The van der Waals surface area contributed by atoms with Crippen LogP contribution in [0.25, 0.3) is 0 Å². The first kappa shape index (κ1) is 20.0. The van der Waals surface area contributed by atoms with Crippen LogP contribution < -0.4 is 15.1 Å². The molecule has 0 spiro atoms. The van der Waals surface area contributed by atoms with Crippen molar-refractivity contribution < 1.29 is 9.66 Å². The van der Waals surface area contributed by atoms with E-state index in [2.05, 4.69) is 44.2 Å². The first-order chi connectivity index (χ1) is 13.1. The van der Waals surface area contributed by atoms with E-state index in [0.717, 1.165) is 25.9 Å². The molecule has 27 heavy (non-hydrogen) atoms. The largest absolute Gasteiger partial charge is 0.467 e. The SMILES string of the molecule is CCCN(CCC)c1nc(N/N=C\c2ccc([N+](=O)[O-])cc2)nc(OC)n1. The molecule has 0 fully saturated rings. The first-order valence-corrected chi connectivity index (χ1v) is 8.65. The molecule has 1 aromatic carbocycles. The van der Waals surface area contributed by atoms with Gasteiger partial charge in [0, 0.05) is 25.2 Å². The number of methoxy groups -OCH3 is 1. The molecule has 144 valence electrons. The highest BCUT2D eigenvalue weighted by Gasteiger charge is 2.12.